The Morgan fingerprint density at radius 2 is 1.15 bits per heavy atom. The number of hydrogen-bond acceptors (Lipinski definition) is 3. The molecule has 0 aliphatic heterocycles. The highest BCUT2D eigenvalue weighted by Gasteiger charge is 1.97. The van der Waals surface area contributed by atoms with E-state index in [1.54, 1.807) is 0 Å². The third-order valence-corrected chi connectivity index (χ3v) is 5.68. The first-order valence-electron chi connectivity index (χ1n) is 11.2. The van der Waals surface area contributed by atoms with Gasteiger partial charge >= 0.3 is 0 Å². The summed E-state index contributed by atoms with van der Waals surface area (Å²) in [6.07, 6.45) is 24.5. The monoisotopic (exact) mass is 403 g/mol. The molecule has 1 N–H and O–H groups in total. The molecule has 0 amide bonds. The van der Waals surface area contributed by atoms with Crippen LogP contribution in [0.3, 0.4) is 0 Å². The first-order valence-corrected chi connectivity index (χ1v) is 13.0. The maximum atomic E-state index is 5.52. The van der Waals surface area contributed by atoms with Gasteiger partial charge in [-0.15, -0.1) is 0 Å². The lowest BCUT2D eigenvalue weighted by Crippen LogP contribution is -2.26. The molecule has 4 heteroatoms. The molecule has 0 rings (SSSR count). The predicted molar refractivity (Wildman–Crippen MR) is 124 cm³/mol. The summed E-state index contributed by atoms with van der Waals surface area (Å²) in [5, 5.41) is 3.70. The van der Waals surface area contributed by atoms with Gasteiger partial charge in [0.1, 0.15) is 0 Å². The van der Waals surface area contributed by atoms with Crippen molar-refractivity contribution < 1.29 is 4.74 Å². The van der Waals surface area contributed by atoms with Gasteiger partial charge in [-0.05, 0) is 24.9 Å². The largest absolute Gasteiger partial charge is 0.471 e. The molecule has 0 radical (unpaired) electrons. The summed E-state index contributed by atoms with van der Waals surface area (Å²) < 4.78 is 5.52. The van der Waals surface area contributed by atoms with E-state index in [9.17, 15) is 0 Å². The summed E-state index contributed by atoms with van der Waals surface area (Å²) >= 11 is 6.95. The normalized spacial score (nSPS) is 10.8. The van der Waals surface area contributed by atoms with Crippen LogP contribution in [0.2, 0.25) is 0 Å². The molecule has 0 atom stereocenters. The molecule has 0 aliphatic carbocycles. The van der Waals surface area contributed by atoms with Crippen molar-refractivity contribution in [3.63, 3.8) is 0 Å². The van der Waals surface area contributed by atoms with Crippen LogP contribution in [0.5, 0.6) is 0 Å². The van der Waals surface area contributed by atoms with Crippen LogP contribution in [-0.4, -0.2) is 30.3 Å². The second kappa shape index (κ2) is 23.1. The lowest BCUT2D eigenvalue weighted by Gasteiger charge is -2.09. The Morgan fingerprint density at radius 3 is 1.58 bits per heavy atom. The van der Waals surface area contributed by atoms with Gasteiger partial charge in [0.05, 0.1) is 6.61 Å². The summed E-state index contributed by atoms with van der Waals surface area (Å²) in [6, 6.07) is 0. The summed E-state index contributed by atoms with van der Waals surface area (Å²) in [5.41, 5.74) is 0. The van der Waals surface area contributed by atoms with Crippen molar-refractivity contribution in [1.29, 1.82) is 0 Å². The third kappa shape index (κ3) is 22.1. The van der Waals surface area contributed by atoms with Crippen LogP contribution in [0.15, 0.2) is 0 Å². The molecule has 0 aromatic heterocycles. The molecule has 0 spiro atoms. The summed E-state index contributed by atoms with van der Waals surface area (Å²) in [6.45, 7) is 3.96. The Bertz CT molecular complexity index is 287. The van der Waals surface area contributed by atoms with Gasteiger partial charge in [0.15, 0.2) is 0 Å². The van der Waals surface area contributed by atoms with E-state index in [0.29, 0.717) is 5.17 Å². The van der Waals surface area contributed by atoms with Gasteiger partial charge in [-0.1, -0.05) is 103 Å². The molecule has 0 heterocycles. The number of thioether (sulfide) groups is 1. The van der Waals surface area contributed by atoms with E-state index in [0.717, 1.165) is 25.3 Å². The zero-order valence-electron chi connectivity index (χ0n) is 17.7. The molecule has 0 aliphatic rings. The van der Waals surface area contributed by atoms with E-state index >= 15 is 0 Å². The first kappa shape index (κ1) is 26.0. The Kier molecular flexibility index (Phi) is 23.1. The van der Waals surface area contributed by atoms with Crippen LogP contribution < -0.4 is 5.32 Å². The fourth-order valence-corrected chi connectivity index (χ4v) is 3.61. The predicted octanol–water partition coefficient (Wildman–Crippen LogP) is 7.50. The number of rotatable bonds is 20. The molecule has 0 unspecified atom stereocenters. The molecule has 0 aromatic rings. The van der Waals surface area contributed by atoms with Crippen molar-refractivity contribution >= 4 is 29.2 Å². The van der Waals surface area contributed by atoms with Crippen molar-refractivity contribution in [2.45, 2.75) is 110 Å². The fraction of sp³-hybridized carbons (Fsp3) is 0.955. The van der Waals surface area contributed by atoms with Gasteiger partial charge < -0.3 is 10.1 Å². The first-order chi connectivity index (χ1) is 12.8. The van der Waals surface area contributed by atoms with E-state index in [4.69, 9.17) is 17.0 Å². The van der Waals surface area contributed by atoms with Crippen LogP contribution >= 0.6 is 24.0 Å². The number of ether oxygens (including phenoxy) is 1. The zero-order valence-corrected chi connectivity index (χ0v) is 19.3. The Hall–Kier alpha value is 0.0400. The molecule has 156 valence electrons. The minimum atomic E-state index is 0.569. The molecule has 2 nitrogen and oxygen atoms in total. The molecule has 0 aromatic carbocycles. The summed E-state index contributed by atoms with van der Waals surface area (Å²) in [5.74, 6) is 1.07. The molecular formula is C22H45NOS2. The smallest absolute Gasteiger partial charge is 0.256 e. The minimum absolute atomic E-state index is 0.569. The second-order valence-corrected chi connectivity index (χ2v) is 8.72. The number of hydrogen-bond donors (Lipinski definition) is 1. The van der Waals surface area contributed by atoms with Crippen molar-refractivity contribution in [2.24, 2.45) is 0 Å². The Morgan fingerprint density at radius 1 is 0.731 bits per heavy atom. The lowest BCUT2D eigenvalue weighted by atomic mass is 10.0. The quantitative estimate of drug-likeness (QED) is 0.168. The van der Waals surface area contributed by atoms with E-state index in [1.165, 1.54) is 96.3 Å². The topological polar surface area (TPSA) is 21.3 Å². The summed E-state index contributed by atoms with van der Waals surface area (Å²) in [7, 11) is 0. The van der Waals surface area contributed by atoms with Gasteiger partial charge in [0.25, 0.3) is 5.17 Å². The Labute approximate surface area is 174 Å². The number of unbranched alkanes of at least 4 members (excludes halogenated alkanes) is 15. The molecule has 26 heavy (non-hydrogen) atoms. The Balaban J connectivity index is 3.06. The highest BCUT2D eigenvalue weighted by atomic mass is 32.2. The molecular weight excluding hydrogens is 358 g/mol. The second-order valence-electron chi connectivity index (χ2n) is 7.36. The van der Waals surface area contributed by atoms with Crippen LogP contribution in [0.25, 0.3) is 0 Å². The van der Waals surface area contributed by atoms with Crippen molar-refractivity contribution in [3.05, 3.63) is 0 Å². The highest BCUT2D eigenvalue weighted by molar-refractivity contribution is 7.98. The number of nitrogens with one attached hydrogen (secondary N) is 1. The van der Waals surface area contributed by atoms with E-state index in [1.807, 2.05) is 11.8 Å². The molecule has 0 fully saturated rings. The van der Waals surface area contributed by atoms with E-state index in [2.05, 4.69) is 18.5 Å². The van der Waals surface area contributed by atoms with Crippen LogP contribution in [0, 0.1) is 0 Å². The highest BCUT2D eigenvalue weighted by Crippen LogP contribution is 2.13. The van der Waals surface area contributed by atoms with Gasteiger partial charge in [0, 0.05) is 12.3 Å². The average Bonchev–Trinajstić information content (AvgIpc) is 2.64. The number of thiocarbonyl (C=S) groups is 1. The van der Waals surface area contributed by atoms with E-state index in [-0.39, 0.29) is 0 Å². The standard InChI is InChI=1S/C22H45NOS2/c1-3-4-5-6-7-8-9-10-11-12-13-14-15-16-17-18-20-24-22(25)23-19-21-26-2/h3-21H2,1-2H3,(H,23,25). The maximum absolute atomic E-state index is 5.52. The van der Waals surface area contributed by atoms with Crippen LogP contribution in [-0.2, 0) is 4.74 Å². The molecule has 0 bridgehead atoms. The van der Waals surface area contributed by atoms with Gasteiger partial charge in [0.2, 0.25) is 0 Å². The van der Waals surface area contributed by atoms with Gasteiger partial charge in [-0.3, -0.25) is 0 Å². The van der Waals surface area contributed by atoms with Crippen molar-refractivity contribution in [1.82, 2.24) is 5.32 Å². The van der Waals surface area contributed by atoms with Crippen molar-refractivity contribution in [3.8, 4) is 0 Å². The van der Waals surface area contributed by atoms with Crippen LogP contribution in [0.4, 0.5) is 0 Å². The zero-order chi connectivity index (χ0) is 19.1. The van der Waals surface area contributed by atoms with Crippen LogP contribution in [0.1, 0.15) is 110 Å². The minimum Gasteiger partial charge on any atom is -0.471 e. The van der Waals surface area contributed by atoms with Crippen molar-refractivity contribution in [2.75, 3.05) is 25.2 Å². The lowest BCUT2D eigenvalue weighted by molar-refractivity contribution is 0.287. The SMILES string of the molecule is CCCCCCCCCCCCCCCCCCOC(=S)NCCSC. The summed E-state index contributed by atoms with van der Waals surface area (Å²) in [4.78, 5) is 0. The van der Waals surface area contributed by atoms with Gasteiger partial charge in [-0.2, -0.15) is 11.8 Å². The molecule has 0 saturated heterocycles. The maximum Gasteiger partial charge on any atom is 0.256 e. The van der Waals surface area contributed by atoms with E-state index < -0.39 is 0 Å². The molecule has 0 saturated carbocycles. The average molecular weight is 404 g/mol. The van der Waals surface area contributed by atoms with Gasteiger partial charge in [-0.25, -0.2) is 0 Å². The fourth-order valence-electron chi connectivity index (χ4n) is 3.12. The third-order valence-electron chi connectivity index (χ3n) is 4.81.